The lowest BCUT2D eigenvalue weighted by molar-refractivity contribution is 0.197. The Hall–Kier alpha value is -0.940. The van der Waals surface area contributed by atoms with E-state index in [1.54, 1.807) is 23.5 Å². The van der Waals surface area contributed by atoms with Crippen molar-refractivity contribution < 1.29 is 4.39 Å². The summed E-state index contributed by atoms with van der Waals surface area (Å²) in [5, 5.41) is 5.95. The van der Waals surface area contributed by atoms with Crippen LogP contribution < -0.4 is 5.32 Å². The van der Waals surface area contributed by atoms with Crippen LogP contribution in [0.1, 0.15) is 16.5 Å². The SMILES string of the molecule is Fc1ccc(Cl)cc1[C@H](c1cccs1)N1CCNCC1. The fourth-order valence-electron chi connectivity index (χ4n) is 2.64. The zero-order valence-corrected chi connectivity index (χ0v) is 12.6. The minimum absolute atomic E-state index is 0.0456. The molecule has 0 unspecified atom stereocenters. The normalized spacial score (nSPS) is 18.1. The third-order valence-corrected chi connectivity index (χ3v) is 4.74. The summed E-state index contributed by atoms with van der Waals surface area (Å²) in [4.78, 5) is 3.48. The molecule has 0 radical (unpaired) electrons. The minimum atomic E-state index is -0.189. The van der Waals surface area contributed by atoms with Crippen LogP contribution in [-0.2, 0) is 0 Å². The highest BCUT2D eigenvalue weighted by Crippen LogP contribution is 2.34. The molecule has 20 heavy (non-hydrogen) atoms. The Bertz CT molecular complexity index is 567. The summed E-state index contributed by atoms with van der Waals surface area (Å²) >= 11 is 7.73. The molecule has 1 aliphatic heterocycles. The molecule has 1 N–H and O–H groups in total. The zero-order valence-electron chi connectivity index (χ0n) is 11.0. The molecule has 2 aromatic rings. The Balaban J connectivity index is 2.02. The minimum Gasteiger partial charge on any atom is -0.314 e. The van der Waals surface area contributed by atoms with E-state index in [4.69, 9.17) is 11.6 Å². The van der Waals surface area contributed by atoms with Crippen molar-refractivity contribution in [1.29, 1.82) is 0 Å². The second kappa shape index (κ2) is 6.22. The summed E-state index contributed by atoms with van der Waals surface area (Å²) < 4.78 is 14.3. The van der Waals surface area contributed by atoms with E-state index in [2.05, 4.69) is 16.3 Å². The van der Waals surface area contributed by atoms with Gasteiger partial charge in [0.25, 0.3) is 0 Å². The van der Waals surface area contributed by atoms with Gasteiger partial charge in [0.2, 0.25) is 0 Å². The molecule has 1 atom stereocenters. The van der Waals surface area contributed by atoms with Gasteiger partial charge in [0.1, 0.15) is 5.82 Å². The lowest BCUT2D eigenvalue weighted by Crippen LogP contribution is -2.45. The van der Waals surface area contributed by atoms with Crippen LogP contribution in [-0.4, -0.2) is 31.1 Å². The molecule has 0 bridgehead atoms. The molecule has 1 aromatic heterocycles. The van der Waals surface area contributed by atoms with E-state index in [1.165, 1.54) is 6.07 Å². The summed E-state index contributed by atoms with van der Waals surface area (Å²) in [7, 11) is 0. The van der Waals surface area contributed by atoms with Gasteiger partial charge in [0.15, 0.2) is 0 Å². The number of thiophene rings is 1. The Morgan fingerprint density at radius 1 is 1.25 bits per heavy atom. The molecule has 2 nitrogen and oxygen atoms in total. The predicted octanol–water partition coefficient (Wildman–Crippen LogP) is 3.54. The van der Waals surface area contributed by atoms with Crippen molar-refractivity contribution >= 4 is 22.9 Å². The van der Waals surface area contributed by atoms with Gasteiger partial charge in [-0.1, -0.05) is 17.7 Å². The molecule has 1 saturated heterocycles. The first-order valence-electron chi connectivity index (χ1n) is 6.69. The lowest BCUT2D eigenvalue weighted by Gasteiger charge is -2.35. The van der Waals surface area contributed by atoms with Gasteiger partial charge in [-0.3, -0.25) is 4.90 Å². The summed E-state index contributed by atoms with van der Waals surface area (Å²) in [5.74, 6) is -0.189. The van der Waals surface area contributed by atoms with Gasteiger partial charge in [-0.15, -0.1) is 11.3 Å². The lowest BCUT2D eigenvalue weighted by atomic mass is 10.0. The fraction of sp³-hybridized carbons (Fsp3) is 0.333. The third-order valence-electron chi connectivity index (χ3n) is 3.58. The molecular weight excluding hydrogens is 295 g/mol. The molecule has 1 aromatic carbocycles. The van der Waals surface area contributed by atoms with Crippen LogP contribution >= 0.6 is 22.9 Å². The maximum absolute atomic E-state index is 14.3. The number of piperazine rings is 1. The number of nitrogens with one attached hydrogen (secondary N) is 1. The Morgan fingerprint density at radius 3 is 2.75 bits per heavy atom. The summed E-state index contributed by atoms with van der Waals surface area (Å²) in [6.07, 6.45) is 0. The van der Waals surface area contributed by atoms with Crippen LogP contribution in [0.5, 0.6) is 0 Å². The predicted molar refractivity (Wildman–Crippen MR) is 82.0 cm³/mol. The molecule has 0 aliphatic carbocycles. The molecule has 0 spiro atoms. The first-order chi connectivity index (χ1) is 9.75. The van der Waals surface area contributed by atoms with Crippen LogP contribution in [0.4, 0.5) is 4.39 Å². The monoisotopic (exact) mass is 310 g/mol. The van der Waals surface area contributed by atoms with Gasteiger partial charge in [0, 0.05) is 41.6 Å². The largest absolute Gasteiger partial charge is 0.314 e. The second-order valence-electron chi connectivity index (χ2n) is 4.87. The van der Waals surface area contributed by atoms with Crippen molar-refractivity contribution in [2.24, 2.45) is 0 Å². The maximum Gasteiger partial charge on any atom is 0.128 e. The smallest absolute Gasteiger partial charge is 0.128 e. The summed E-state index contributed by atoms with van der Waals surface area (Å²) in [5.41, 5.74) is 0.668. The van der Waals surface area contributed by atoms with Gasteiger partial charge in [-0.05, 0) is 29.6 Å². The van der Waals surface area contributed by atoms with Crippen molar-refractivity contribution in [1.82, 2.24) is 10.2 Å². The Morgan fingerprint density at radius 2 is 2.05 bits per heavy atom. The Labute approximate surface area is 127 Å². The summed E-state index contributed by atoms with van der Waals surface area (Å²) in [6.45, 7) is 3.69. The number of nitrogens with zero attached hydrogens (tertiary/aromatic N) is 1. The van der Waals surface area contributed by atoms with Crippen molar-refractivity contribution in [2.45, 2.75) is 6.04 Å². The number of halogens is 2. The highest BCUT2D eigenvalue weighted by molar-refractivity contribution is 7.10. The van der Waals surface area contributed by atoms with Crippen molar-refractivity contribution in [3.63, 3.8) is 0 Å². The third kappa shape index (κ3) is 2.88. The highest BCUT2D eigenvalue weighted by atomic mass is 35.5. The number of hydrogen-bond donors (Lipinski definition) is 1. The molecule has 3 rings (SSSR count). The van der Waals surface area contributed by atoms with Crippen LogP contribution in [0.3, 0.4) is 0 Å². The van der Waals surface area contributed by atoms with Crippen LogP contribution in [0.2, 0.25) is 5.02 Å². The zero-order chi connectivity index (χ0) is 13.9. The van der Waals surface area contributed by atoms with Crippen LogP contribution in [0.15, 0.2) is 35.7 Å². The fourth-order valence-corrected chi connectivity index (χ4v) is 3.70. The quantitative estimate of drug-likeness (QED) is 0.933. The molecule has 2 heterocycles. The van der Waals surface area contributed by atoms with E-state index in [1.807, 2.05) is 11.4 Å². The van der Waals surface area contributed by atoms with Gasteiger partial charge >= 0.3 is 0 Å². The van der Waals surface area contributed by atoms with E-state index < -0.39 is 0 Å². The second-order valence-corrected chi connectivity index (χ2v) is 6.29. The average Bonchev–Trinajstić information content (AvgIpc) is 2.98. The molecule has 1 aliphatic rings. The van der Waals surface area contributed by atoms with E-state index in [9.17, 15) is 4.39 Å². The highest BCUT2D eigenvalue weighted by Gasteiger charge is 2.27. The van der Waals surface area contributed by atoms with Gasteiger partial charge in [-0.2, -0.15) is 0 Å². The van der Waals surface area contributed by atoms with Crippen molar-refractivity contribution in [2.75, 3.05) is 26.2 Å². The molecular formula is C15H16ClFN2S. The molecule has 0 amide bonds. The van der Waals surface area contributed by atoms with E-state index in [-0.39, 0.29) is 11.9 Å². The first-order valence-corrected chi connectivity index (χ1v) is 7.94. The number of hydrogen-bond acceptors (Lipinski definition) is 3. The molecule has 106 valence electrons. The van der Waals surface area contributed by atoms with Gasteiger partial charge < -0.3 is 5.32 Å². The van der Waals surface area contributed by atoms with Gasteiger partial charge in [0.05, 0.1) is 6.04 Å². The van der Waals surface area contributed by atoms with E-state index >= 15 is 0 Å². The standard InChI is InChI=1S/C15H16ClFN2S/c16-11-3-4-13(17)12(10-11)15(14-2-1-9-20-14)19-7-5-18-6-8-19/h1-4,9-10,15,18H,5-8H2/t15-/m1/s1. The number of rotatable bonds is 3. The van der Waals surface area contributed by atoms with E-state index in [0.29, 0.717) is 10.6 Å². The van der Waals surface area contributed by atoms with Crippen LogP contribution in [0, 0.1) is 5.82 Å². The van der Waals surface area contributed by atoms with Crippen LogP contribution in [0.25, 0.3) is 0 Å². The molecule has 0 saturated carbocycles. The van der Waals surface area contributed by atoms with Crippen molar-refractivity contribution in [3.8, 4) is 0 Å². The average molecular weight is 311 g/mol. The van der Waals surface area contributed by atoms with Crippen molar-refractivity contribution in [3.05, 3.63) is 57.0 Å². The topological polar surface area (TPSA) is 15.3 Å². The Kier molecular flexibility index (Phi) is 4.36. The summed E-state index contributed by atoms with van der Waals surface area (Å²) in [6, 6.07) is 8.85. The molecule has 1 fully saturated rings. The van der Waals surface area contributed by atoms with E-state index in [0.717, 1.165) is 31.1 Å². The number of benzene rings is 1. The maximum atomic E-state index is 14.3. The first kappa shape index (κ1) is 14.0. The van der Waals surface area contributed by atoms with Gasteiger partial charge in [-0.25, -0.2) is 4.39 Å². The molecule has 5 heteroatoms.